The number of pyridine rings is 1. The lowest BCUT2D eigenvalue weighted by molar-refractivity contribution is -0.115. The van der Waals surface area contributed by atoms with Crippen LogP contribution < -0.4 is 11.3 Å². The molecule has 3 aromatic rings. The number of primary amides is 1. The largest absolute Gasteiger partial charge is 0.369 e. The van der Waals surface area contributed by atoms with Crippen LogP contribution in [0.4, 0.5) is 0 Å². The minimum Gasteiger partial charge on any atom is -0.369 e. The zero-order valence-electron chi connectivity index (χ0n) is 12.4. The maximum atomic E-state index is 12.9. The van der Waals surface area contributed by atoms with Crippen LogP contribution in [0.3, 0.4) is 0 Å². The highest BCUT2D eigenvalue weighted by Crippen LogP contribution is 2.20. The van der Waals surface area contributed by atoms with Crippen LogP contribution in [-0.4, -0.2) is 26.2 Å². The number of aryl methyl sites for hydroxylation is 1. The highest BCUT2D eigenvalue weighted by molar-refractivity contribution is 7.99. The third-order valence-electron chi connectivity index (χ3n) is 3.19. The zero-order valence-corrected chi connectivity index (χ0v) is 13.2. The van der Waals surface area contributed by atoms with Crippen LogP contribution >= 0.6 is 11.8 Å². The molecule has 0 aliphatic carbocycles. The topological polar surface area (TPSA) is 90.9 Å². The van der Waals surface area contributed by atoms with Crippen LogP contribution in [0.1, 0.15) is 5.69 Å². The number of rotatable bonds is 4. The standard InChI is InChI=1S/C16H14N4O2S/c1-10-5-4-8-14(18-10)20-15(22)11-6-2-3-7-12(11)19-16(20)23-9-13(17)21/h2-8H,9H2,1H3,(H2,17,21). The van der Waals surface area contributed by atoms with Crippen LogP contribution in [-0.2, 0) is 4.79 Å². The van der Waals surface area contributed by atoms with Crippen molar-refractivity contribution in [3.8, 4) is 5.82 Å². The second-order valence-corrected chi connectivity index (χ2v) is 5.89. The molecular formula is C16H14N4O2S. The van der Waals surface area contributed by atoms with Gasteiger partial charge in [0.15, 0.2) is 5.16 Å². The molecule has 0 saturated carbocycles. The molecule has 1 amide bonds. The second-order valence-electron chi connectivity index (χ2n) is 4.94. The molecular weight excluding hydrogens is 312 g/mol. The van der Waals surface area contributed by atoms with E-state index in [0.29, 0.717) is 21.9 Å². The number of hydrogen-bond donors (Lipinski definition) is 1. The molecule has 3 rings (SSSR count). The minimum absolute atomic E-state index is 0.0383. The number of nitrogens with two attached hydrogens (primary N) is 1. The lowest BCUT2D eigenvalue weighted by atomic mass is 10.2. The quantitative estimate of drug-likeness (QED) is 0.582. The molecule has 6 nitrogen and oxygen atoms in total. The van der Waals surface area contributed by atoms with Crippen molar-refractivity contribution in [2.45, 2.75) is 12.1 Å². The van der Waals surface area contributed by atoms with Crippen molar-refractivity contribution in [3.05, 3.63) is 58.5 Å². The Balaban J connectivity index is 2.27. The molecule has 0 unspecified atom stereocenters. The predicted molar refractivity (Wildman–Crippen MR) is 89.8 cm³/mol. The number of thioether (sulfide) groups is 1. The van der Waals surface area contributed by atoms with E-state index in [1.807, 2.05) is 25.1 Å². The van der Waals surface area contributed by atoms with E-state index in [4.69, 9.17) is 5.73 Å². The Morgan fingerprint density at radius 2 is 1.96 bits per heavy atom. The lowest BCUT2D eigenvalue weighted by Crippen LogP contribution is -2.23. The van der Waals surface area contributed by atoms with Crippen LogP contribution in [0, 0.1) is 6.92 Å². The van der Waals surface area contributed by atoms with Gasteiger partial charge in [0.1, 0.15) is 5.82 Å². The molecule has 0 atom stereocenters. The van der Waals surface area contributed by atoms with Gasteiger partial charge in [0.25, 0.3) is 5.56 Å². The summed E-state index contributed by atoms with van der Waals surface area (Å²) in [5.41, 5.74) is 6.35. The summed E-state index contributed by atoms with van der Waals surface area (Å²) in [6.45, 7) is 1.85. The Labute approximate surface area is 136 Å². The SMILES string of the molecule is Cc1cccc(-n2c(SCC(N)=O)nc3ccccc3c2=O)n1. The maximum Gasteiger partial charge on any atom is 0.267 e. The van der Waals surface area contributed by atoms with E-state index in [-0.39, 0.29) is 11.3 Å². The smallest absolute Gasteiger partial charge is 0.267 e. The monoisotopic (exact) mass is 326 g/mol. The summed E-state index contributed by atoms with van der Waals surface area (Å²) in [5, 5.41) is 0.893. The van der Waals surface area contributed by atoms with Crippen molar-refractivity contribution >= 4 is 28.6 Å². The number of carbonyl (C=O) groups excluding carboxylic acids is 1. The van der Waals surface area contributed by atoms with E-state index in [1.54, 1.807) is 24.3 Å². The first-order chi connectivity index (χ1) is 11.1. The van der Waals surface area contributed by atoms with E-state index in [1.165, 1.54) is 4.57 Å². The van der Waals surface area contributed by atoms with Gasteiger partial charge in [-0.05, 0) is 31.2 Å². The molecule has 0 saturated heterocycles. The zero-order chi connectivity index (χ0) is 16.4. The van der Waals surface area contributed by atoms with E-state index >= 15 is 0 Å². The summed E-state index contributed by atoms with van der Waals surface area (Å²) in [7, 11) is 0. The van der Waals surface area contributed by atoms with Crippen LogP contribution in [0.5, 0.6) is 0 Å². The van der Waals surface area contributed by atoms with Crippen molar-refractivity contribution in [1.29, 1.82) is 0 Å². The van der Waals surface area contributed by atoms with Crippen molar-refractivity contribution < 1.29 is 4.79 Å². The Bertz CT molecular complexity index is 952. The van der Waals surface area contributed by atoms with E-state index < -0.39 is 5.91 Å². The van der Waals surface area contributed by atoms with Gasteiger partial charge in [-0.25, -0.2) is 14.5 Å². The number of para-hydroxylation sites is 1. The summed E-state index contributed by atoms with van der Waals surface area (Å²) < 4.78 is 1.42. The summed E-state index contributed by atoms with van der Waals surface area (Å²) in [5.74, 6) is 0.0396. The van der Waals surface area contributed by atoms with Crippen LogP contribution in [0.15, 0.2) is 52.4 Å². The fourth-order valence-electron chi connectivity index (χ4n) is 2.20. The van der Waals surface area contributed by atoms with Gasteiger partial charge in [-0.1, -0.05) is 30.0 Å². The number of nitrogens with zero attached hydrogens (tertiary/aromatic N) is 3. The number of amides is 1. The van der Waals surface area contributed by atoms with Gasteiger partial charge in [-0.3, -0.25) is 9.59 Å². The average Bonchev–Trinajstić information content (AvgIpc) is 2.53. The van der Waals surface area contributed by atoms with E-state index in [0.717, 1.165) is 17.5 Å². The average molecular weight is 326 g/mol. The molecule has 116 valence electrons. The molecule has 0 spiro atoms. The van der Waals surface area contributed by atoms with Gasteiger partial charge in [-0.2, -0.15) is 0 Å². The molecule has 0 fully saturated rings. The summed E-state index contributed by atoms with van der Waals surface area (Å²) in [6.07, 6.45) is 0. The Morgan fingerprint density at radius 1 is 1.17 bits per heavy atom. The molecule has 7 heteroatoms. The summed E-state index contributed by atoms with van der Waals surface area (Å²) in [6, 6.07) is 12.5. The first-order valence-electron chi connectivity index (χ1n) is 6.93. The summed E-state index contributed by atoms with van der Waals surface area (Å²) >= 11 is 1.12. The lowest BCUT2D eigenvalue weighted by Gasteiger charge is -2.12. The van der Waals surface area contributed by atoms with Gasteiger partial charge in [0, 0.05) is 5.69 Å². The van der Waals surface area contributed by atoms with Crippen molar-refractivity contribution in [3.63, 3.8) is 0 Å². The molecule has 2 heterocycles. The predicted octanol–water partition coefficient (Wildman–Crippen LogP) is 1.67. The van der Waals surface area contributed by atoms with E-state index in [9.17, 15) is 9.59 Å². The Hall–Kier alpha value is -2.67. The van der Waals surface area contributed by atoms with Gasteiger partial charge in [0.2, 0.25) is 5.91 Å². The van der Waals surface area contributed by atoms with Gasteiger partial charge in [0.05, 0.1) is 16.7 Å². The van der Waals surface area contributed by atoms with Crippen molar-refractivity contribution in [2.75, 3.05) is 5.75 Å². The molecule has 23 heavy (non-hydrogen) atoms. The van der Waals surface area contributed by atoms with Gasteiger partial charge < -0.3 is 5.73 Å². The van der Waals surface area contributed by atoms with Crippen molar-refractivity contribution in [2.24, 2.45) is 5.73 Å². The third kappa shape index (κ3) is 3.09. The first-order valence-corrected chi connectivity index (χ1v) is 7.92. The minimum atomic E-state index is -0.471. The number of hydrogen-bond acceptors (Lipinski definition) is 5. The van der Waals surface area contributed by atoms with E-state index in [2.05, 4.69) is 9.97 Å². The highest BCUT2D eigenvalue weighted by atomic mass is 32.2. The molecule has 0 bridgehead atoms. The van der Waals surface area contributed by atoms with Crippen molar-refractivity contribution in [1.82, 2.24) is 14.5 Å². The molecule has 2 aromatic heterocycles. The normalized spacial score (nSPS) is 10.8. The fraction of sp³-hybridized carbons (Fsp3) is 0.125. The molecule has 1 aromatic carbocycles. The Morgan fingerprint density at radius 3 is 2.70 bits per heavy atom. The Kier molecular flexibility index (Phi) is 4.12. The number of fused-ring (bicyclic) bond motifs is 1. The summed E-state index contributed by atoms with van der Waals surface area (Å²) in [4.78, 5) is 32.8. The molecule has 2 N–H and O–H groups in total. The number of carbonyl (C=O) groups is 1. The number of benzene rings is 1. The molecule has 0 radical (unpaired) electrons. The fourth-order valence-corrected chi connectivity index (χ4v) is 2.94. The first kappa shape index (κ1) is 15.2. The van der Waals surface area contributed by atoms with Crippen LogP contribution in [0.25, 0.3) is 16.7 Å². The maximum absolute atomic E-state index is 12.9. The van der Waals surface area contributed by atoms with Gasteiger partial charge >= 0.3 is 0 Å². The number of aromatic nitrogens is 3. The second kappa shape index (κ2) is 6.21. The highest BCUT2D eigenvalue weighted by Gasteiger charge is 2.14. The third-order valence-corrected chi connectivity index (χ3v) is 4.15. The van der Waals surface area contributed by atoms with Gasteiger partial charge in [-0.15, -0.1) is 0 Å². The molecule has 0 aliphatic heterocycles. The molecule has 0 aliphatic rings. The van der Waals surface area contributed by atoms with Crippen LogP contribution in [0.2, 0.25) is 0 Å².